The first-order valence-corrected chi connectivity index (χ1v) is 9.12. The van der Waals surface area contributed by atoms with Crippen LogP contribution in [0.2, 0.25) is 0 Å². The molecule has 0 spiro atoms. The van der Waals surface area contributed by atoms with E-state index in [9.17, 15) is 4.79 Å². The highest BCUT2D eigenvalue weighted by molar-refractivity contribution is 5.79. The van der Waals surface area contributed by atoms with Crippen molar-refractivity contribution in [3.63, 3.8) is 0 Å². The van der Waals surface area contributed by atoms with Crippen molar-refractivity contribution >= 4 is 5.91 Å². The molecule has 0 aliphatic carbocycles. The Balaban J connectivity index is 1.25. The minimum Gasteiger partial charge on any atom is -0.492 e. The standard InChI is InChI=1S/C21H21N3O3/c25-21(17-13-16-8-4-5-9-18(16)26-14-17)22-11-10-20-23-19(24-27-20)12-15-6-2-1-3-7-15/h1-9,17H,10-14H2,(H,22,25)/t17-/m1/s1. The van der Waals surface area contributed by atoms with E-state index >= 15 is 0 Å². The maximum Gasteiger partial charge on any atom is 0.228 e. The van der Waals surface area contributed by atoms with Gasteiger partial charge in [-0.2, -0.15) is 4.98 Å². The highest BCUT2D eigenvalue weighted by atomic mass is 16.5. The molecule has 138 valence electrons. The van der Waals surface area contributed by atoms with Gasteiger partial charge in [0.15, 0.2) is 5.82 Å². The number of hydrogen-bond acceptors (Lipinski definition) is 5. The molecule has 1 aliphatic heterocycles. The minimum absolute atomic E-state index is 0.00599. The third-order valence-electron chi connectivity index (χ3n) is 4.60. The lowest BCUT2D eigenvalue weighted by molar-refractivity contribution is -0.126. The minimum atomic E-state index is -0.170. The van der Waals surface area contributed by atoms with Gasteiger partial charge in [0.05, 0.1) is 5.92 Å². The summed E-state index contributed by atoms with van der Waals surface area (Å²) in [6.07, 6.45) is 1.84. The van der Waals surface area contributed by atoms with Gasteiger partial charge in [-0.25, -0.2) is 0 Å². The smallest absolute Gasteiger partial charge is 0.228 e. The highest BCUT2D eigenvalue weighted by Crippen LogP contribution is 2.26. The maximum atomic E-state index is 12.4. The lowest BCUT2D eigenvalue weighted by Crippen LogP contribution is -2.38. The molecule has 6 nitrogen and oxygen atoms in total. The van der Waals surface area contributed by atoms with E-state index in [1.165, 1.54) is 0 Å². The van der Waals surface area contributed by atoms with Crippen LogP contribution in [0.4, 0.5) is 0 Å². The van der Waals surface area contributed by atoms with Crippen LogP contribution in [0.25, 0.3) is 0 Å². The molecule has 1 amide bonds. The maximum absolute atomic E-state index is 12.4. The van der Waals surface area contributed by atoms with Crippen LogP contribution < -0.4 is 10.1 Å². The molecule has 1 aliphatic rings. The van der Waals surface area contributed by atoms with Crippen molar-refractivity contribution in [2.45, 2.75) is 19.3 Å². The Kier molecular flexibility index (Phi) is 5.14. The predicted molar refractivity (Wildman–Crippen MR) is 99.4 cm³/mol. The molecule has 1 atom stereocenters. The fourth-order valence-corrected chi connectivity index (χ4v) is 3.18. The molecule has 2 aromatic carbocycles. The third-order valence-corrected chi connectivity index (χ3v) is 4.60. The molecule has 1 N–H and O–H groups in total. The fourth-order valence-electron chi connectivity index (χ4n) is 3.18. The van der Waals surface area contributed by atoms with Gasteiger partial charge in [-0.05, 0) is 23.6 Å². The van der Waals surface area contributed by atoms with Crippen LogP contribution in [0.15, 0.2) is 59.1 Å². The molecule has 0 unspecified atom stereocenters. The predicted octanol–water partition coefficient (Wildman–Crippen LogP) is 2.57. The number of hydrogen-bond donors (Lipinski definition) is 1. The van der Waals surface area contributed by atoms with Gasteiger partial charge in [-0.3, -0.25) is 4.79 Å². The first-order chi connectivity index (χ1) is 13.3. The van der Waals surface area contributed by atoms with E-state index in [1.54, 1.807) is 0 Å². The molecule has 0 radical (unpaired) electrons. The van der Waals surface area contributed by atoms with Crippen molar-refractivity contribution in [1.82, 2.24) is 15.5 Å². The Morgan fingerprint density at radius 3 is 2.81 bits per heavy atom. The number of ether oxygens (including phenoxy) is 1. The first-order valence-electron chi connectivity index (χ1n) is 9.12. The van der Waals surface area contributed by atoms with Crippen LogP contribution in [0.3, 0.4) is 0 Å². The number of aromatic nitrogens is 2. The lowest BCUT2D eigenvalue weighted by atomic mass is 9.96. The summed E-state index contributed by atoms with van der Waals surface area (Å²) in [6, 6.07) is 17.8. The Bertz CT molecular complexity index is 908. The Morgan fingerprint density at radius 2 is 1.93 bits per heavy atom. The zero-order chi connectivity index (χ0) is 18.5. The molecule has 1 aromatic heterocycles. The number of para-hydroxylation sites is 1. The zero-order valence-corrected chi connectivity index (χ0v) is 14.9. The van der Waals surface area contributed by atoms with E-state index in [2.05, 4.69) is 15.5 Å². The van der Waals surface area contributed by atoms with Gasteiger partial charge in [0.2, 0.25) is 11.8 Å². The van der Waals surface area contributed by atoms with Gasteiger partial charge >= 0.3 is 0 Å². The van der Waals surface area contributed by atoms with Gasteiger partial charge in [0.25, 0.3) is 0 Å². The quantitative estimate of drug-likeness (QED) is 0.728. The molecule has 6 heteroatoms. The van der Waals surface area contributed by atoms with Crippen LogP contribution in [-0.4, -0.2) is 29.2 Å². The van der Waals surface area contributed by atoms with Crippen molar-refractivity contribution in [2.24, 2.45) is 5.92 Å². The van der Waals surface area contributed by atoms with Gasteiger partial charge in [0, 0.05) is 19.4 Å². The molecule has 0 bridgehead atoms. The van der Waals surface area contributed by atoms with E-state index in [0.717, 1.165) is 16.9 Å². The number of carbonyl (C=O) groups is 1. The normalized spacial score (nSPS) is 15.6. The Morgan fingerprint density at radius 1 is 1.11 bits per heavy atom. The molecular formula is C21H21N3O3. The molecule has 4 rings (SSSR count). The second-order valence-corrected chi connectivity index (χ2v) is 6.63. The van der Waals surface area contributed by atoms with Crippen LogP contribution in [0.1, 0.15) is 22.8 Å². The number of nitrogens with one attached hydrogen (secondary N) is 1. The van der Waals surface area contributed by atoms with Gasteiger partial charge < -0.3 is 14.6 Å². The van der Waals surface area contributed by atoms with Gasteiger partial charge in [-0.1, -0.05) is 53.7 Å². The molecule has 0 saturated carbocycles. The molecule has 2 heterocycles. The second kappa shape index (κ2) is 8.03. The number of carbonyl (C=O) groups excluding carboxylic acids is 1. The van der Waals surface area contributed by atoms with E-state index < -0.39 is 0 Å². The second-order valence-electron chi connectivity index (χ2n) is 6.63. The number of benzene rings is 2. The summed E-state index contributed by atoms with van der Waals surface area (Å²) < 4.78 is 11.0. The van der Waals surface area contributed by atoms with Crippen molar-refractivity contribution in [1.29, 1.82) is 0 Å². The van der Waals surface area contributed by atoms with Crippen molar-refractivity contribution in [3.8, 4) is 5.75 Å². The first kappa shape index (κ1) is 17.3. The molecule has 27 heavy (non-hydrogen) atoms. The number of nitrogens with zero attached hydrogens (tertiary/aromatic N) is 2. The Labute approximate surface area is 157 Å². The van der Waals surface area contributed by atoms with Crippen LogP contribution >= 0.6 is 0 Å². The third kappa shape index (κ3) is 4.34. The van der Waals surface area contributed by atoms with E-state index in [4.69, 9.17) is 9.26 Å². The number of fused-ring (bicyclic) bond motifs is 1. The zero-order valence-electron chi connectivity index (χ0n) is 14.9. The highest BCUT2D eigenvalue weighted by Gasteiger charge is 2.25. The topological polar surface area (TPSA) is 77.3 Å². The summed E-state index contributed by atoms with van der Waals surface area (Å²) >= 11 is 0. The van der Waals surface area contributed by atoms with Crippen molar-refractivity contribution in [2.75, 3.05) is 13.2 Å². The number of rotatable bonds is 6. The SMILES string of the molecule is O=C(NCCc1nc(Cc2ccccc2)no1)[C@H]1COc2ccccc2C1. The summed E-state index contributed by atoms with van der Waals surface area (Å²) in [5.74, 6) is 1.88. The fraction of sp³-hybridized carbons (Fsp3) is 0.286. The van der Waals surface area contributed by atoms with Crippen LogP contribution in [0.5, 0.6) is 5.75 Å². The summed E-state index contributed by atoms with van der Waals surface area (Å²) in [6.45, 7) is 0.870. The monoisotopic (exact) mass is 363 g/mol. The molecule has 0 saturated heterocycles. The Hall–Kier alpha value is -3.15. The molecule has 3 aromatic rings. The van der Waals surface area contributed by atoms with E-state index in [-0.39, 0.29) is 11.8 Å². The van der Waals surface area contributed by atoms with Crippen molar-refractivity contribution in [3.05, 3.63) is 77.4 Å². The summed E-state index contributed by atoms with van der Waals surface area (Å²) in [5.41, 5.74) is 2.21. The summed E-state index contributed by atoms with van der Waals surface area (Å²) in [5, 5.41) is 6.95. The van der Waals surface area contributed by atoms with Crippen LogP contribution in [-0.2, 0) is 24.1 Å². The average molecular weight is 363 g/mol. The average Bonchev–Trinajstić information content (AvgIpc) is 3.15. The molecule has 0 fully saturated rings. The lowest BCUT2D eigenvalue weighted by Gasteiger charge is -2.24. The van der Waals surface area contributed by atoms with Crippen molar-refractivity contribution < 1.29 is 14.1 Å². The summed E-state index contributed by atoms with van der Waals surface area (Å²) in [7, 11) is 0. The molecular weight excluding hydrogens is 342 g/mol. The van der Waals surface area contributed by atoms with Crippen LogP contribution in [0, 0.1) is 5.92 Å². The van der Waals surface area contributed by atoms with Gasteiger partial charge in [-0.15, -0.1) is 0 Å². The van der Waals surface area contributed by atoms with Gasteiger partial charge in [0.1, 0.15) is 12.4 Å². The largest absolute Gasteiger partial charge is 0.492 e. The number of amides is 1. The summed E-state index contributed by atoms with van der Waals surface area (Å²) in [4.78, 5) is 16.8. The van der Waals surface area contributed by atoms with E-state index in [0.29, 0.717) is 44.1 Å². The van der Waals surface area contributed by atoms with E-state index in [1.807, 2.05) is 54.6 Å².